The number of aromatic nitrogens is 1. The van der Waals surface area contributed by atoms with Crippen molar-refractivity contribution in [3.8, 4) is 6.07 Å². The largest absolute Gasteiger partial charge is 0.334 e. The van der Waals surface area contributed by atoms with Crippen molar-refractivity contribution < 1.29 is 9.59 Å². The van der Waals surface area contributed by atoms with Gasteiger partial charge in [0.05, 0.1) is 6.07 Å². The van der Waals surface area contributed by atoms with Crippen LogP contribution in [0.2, 0.25) is 0 Å². The van der Waals surface area contributed by atoms with Crippen molar-refractivity contribution in [3.05, 3.63) is 54.2 Å². The molecule has 0 spiro atoms. The van der Waals surface area contributed by atoms with E-state index in [0.29, 0.717) is 31.0 Å². The minimum Gasteiger partial charge on any atom is -0.334 e. The van der Waals surface area contributed by atoms with Crippen LogP contribution in [0.4, 0.5) is 16.3 Å². The van der Waals surface area contributed by atoms with Crippen molar-refractivity contribution in [1.82, 2.24) is 10.3 Å². The predicted molar refractivity (Wildman–Crippen MR) is 104 cm³/mol. The molecule has 142 valence electrons. The third-order valence-electron chi connectivity index (χ3n) is 5.42. The zero-order chi connectivity index (χ0) is 19.6. The first kappa shape index (κ1) is 18.0. The number of nitrogens with zero attached hydrogens (tertiary/aromatic N) is 3. The summed E-state index contributed by atoms with van der Waals surface area (Å²) in [4.78, 5) is 30.9. The fourth-order valence-corrected chi connectivity index (χ4v) is 3.73. The topological polar surface area (TPSA) is 98.1 Å². The van der Waals surface area contributed by atoms with Gasteiger partial charge in [0.15, 0.2) is 0 Å². The molecule has 2 fully saturated rings. The summed E-state index contributed by atoms with van der Waals surface area (Å²) in [5.41, 5.74) is 0.760. The van der Waals surface area contributed by atoms with Crippen molar-refractivity contribution in [1.29, 1.82) is 5.26 Å². The number of anilines is 2. The van der Waals surface area contributed by atoms with Crippen LogP contribution >= 0.6 is 0 Å². The van der Waals surface area contributed by atoms with E-state index >= 15 is 0 Å². The van der Waals surface area contributed by atoms with Gasteiger partial charge in [-0.3, -0.25) is 10.1 Å². The normalized spacial score (nSPS) is 21.2. The van der Waals surface area contributed by atoms with Crippen molar-refractivity contribution in [2.75, 3.05) is 16.8 Å². The number of benzene rings is 1. The first-order chi connectivity index (χ1) is 13.6. The Hall–Kier alpha value is -3.40. The van der Waals surface area contributed by atoms with E-state index in [2.05, 4.69) is 21.7 Å². The molecule has 2 heterocycles. The number of amides is 3. The van der Waals surface area contributed by atoms with Gasteiger partial charge < -0.3 is 10.2 Å². The maximum atomic E-state index is 12.9. The van der Waals surface area contributed by atoms with Gasteiger partial charge in [0, 0.05) is 31.0 Å². The van der Waals surface area contributed by atoms with Crippen molar-refractivity contribution in [2.24, 2.45) is 11.3 Å². The molecule has 7 nitrogen and oxygen atoms in total. The Kier molecular flexibility index (Phi) is 4.70. The Morgan fingerprint density at radius 3 is 2.79 bits per heavy atom. The van der Waals surface area contributed by atoms with Crippen LogP contribution in [0.25, 0.3) is 0 Å². The number of carbonyl (C=O) groups is 2. The van der Waals surface area contributed by atoms with Gasteiger partial charge in [-0.15, -0.1) is 0 Å². The minimum atomic E-state index is -0.885. The second kappa shape index (κ2) is 7.31. The highest BCUT2D eigenvalue weighted by Gasteiger charge is 2.56. The molecule has 2 aliphatic rings. The Morgan fingerprint density at radius 1 is 1.29 bits per heavy atom. The maximum Gasteiger partial charge on any atom is 0.320 e. The van der Waals surface area contributed by atoms with E-state index in [1.54, 1.807) is 23.2 Å². The van der Waals surface area contributed by atoms with E-state index in [0.717, 1.165) is 18.4 Å². The van der Waals surface area contributed by atoms with Crippen LogP contribution < -0.4 is 15.5 Å². The quantitative estimate of drug-likeness (QED) is 0.839. The average molecular weight is 375 g/mol. The summed E-state index contributed by atoms with van der Waals surface area (Å²) < 4.78 is 0. The molecule has 1 aromatic heterocycles. The number of hydrogen-bond acceptors (Lipinski definition) is 4. The highest BCUT2D eigenvalue weighted by atomic mass is 16.2. The second-order valence-electron chi connectivity index (χ2n) is 7.26. The first-order valence-corrected chi connectivity index (χ1v) is 9.40. The maximum absolute atomic E-state index is 12.9. The number of carbonyl (C=O) groups excluding carboxylic acids is 2. The number of urea groups is 1. The van der Waals surface area contributed by atoms with Crippen LogP contribution in [0.1, 0.15) is 24.8 Å². The van der Waals surface area contributed by atoms with Crippen molar-refractivity contribution in [2.45, 2.75) is 25.8 Å². The second-order valence-corrected chi connectivity index (χ2v) is 7.26. The number of nitrogens with one attached hydrogen (secondary N) is 2. The molecule has 0 unspecified atom stereocenters. The summed E-state index contributed by atoms with van der Waals surface area (Å²) in [5, 5.41) is 15.1. The lowest BCUT2D eigenvalue weighted by Gasteiger charge is -2.21. The van der Waals surface area contributed by atoms with E-state index in [-0.39, 0.29) is 17.9 Å². The van der Waals surface area contributed by atoms with Crippen LogP contribution in [0.15, 0.2) is 48.7 Å². The molecule has 1 atom stereocenters. The first-order valence-electron chi connectivity index (χ1n) is 9.40. The molecule has 28 heavy (non-hydrogen) atoms. The lowest BCUT2D eigenvalue weighted by atomic mass is 9.83. The zero-order valence-electron chi connectivity index (χ0n) is 15.4. The summed E-state index contributed by atoms with van der Waals surface area (Å²) >= 11 is 0. The van der Waals surface area contributed by atoms with E-state index in [1.165, 1.54) is 0 Å². The molecular formula is C21H21N5O2. The standard InChI is InChI=1S/C21H21N5O2/c22-14-21(16-6-7-16)9-11-26(19(21)27)17-8-10-23-18(12-17)25-20(28)24-13-15-4-2-1-3-5-15/h1-5,8,10,12,16H,6-7,9,11,13H2,(H2,23,24,25,28)/t21-/m1/s1. The van der Waals surface area contributed by atoms with E-state index in [1.807, 2.05) is 30.3 Å². The lowest BCUT2D eigenvalue weighted by molar-refractivity contribution is -0.123. The van der Waals surface area contributed by atoms with Crippen LogP contribution in [-0.4, -0.2) is 23.5 Å². The number of rotatable bonds is 5. The monoisotopic (exact) mass is 375 g/mol. The molecule has 1 aromatic carbocycles. The molecule has 0 radical (unpaired) electrons. The summed E-state index contributed by atoms with van der Waals surface area (Å²) in [6, 6.07) is 14.9. The minimum absolute atomic E-state index is 0.136. The molecule has 1 aliphatic carbocycles. The number of pyridine rings is 1. The molecule has 1 saturated carbocycles. The molecule has 1 aliphatic heterocycles. The van der Waals surface area contributed by atoms with Gasteiger partial charge in [-0.05, 0) is 36.8 Å². The molecule has 7 heteroatoms. The third kappa shape index (κ3) is 3.41. The van der Waals surface area contributed by atoms with Gasteiger partial charge >= 0.3 is 6.03 Å². The fraction of sp³-hybridized carbons (Fsp3) is 0.333. The average Bonchev–Trinajstić information content (AvgIpc) is 3.51. The molecule has 4 rings (SSSR count). The van der Waals surface area contributed by atoms with Gasteiger partial charge in [-0.1, -0.05) is 30.3 Å². The lowest BCUT2D eigenvalue weighted by Crippen LogP contribution is -2.35. The summed E-state index contributed by atoms with van der Waals surface area (Å²) in [5.74, 6) is 0.401. The fourth-order valence-electron chi connectivity index (χ4n) is 3.73. The van der Waals surface area contributed by atoms with Crippen LogP contribution in [0.5, 0.6) is 0 Å². The summed E-state index contributed by atoms with van der Waals surface area (Å²) in [7, 11) is 0. The Labute approximate surface area is 163 Å². The van der Waals surface area contributed by atoms with Crippen molar-refractivity contribution in [3.63, 3.8) is 0 Å². The van der Waals surface area contributed by atoms with Gasteiger partial charge in [-0.25, -0.2) is 9.78 Å². The molecule has 2 N–H and O–H groups in total. The Bertz CT molecular complexity index is 935. The van der Waals surface area contributed by atoms with Gasteiger partial charge in [-0.2, -0.15) is 5.26 Å². The number of nitriles is 1. The van der Waals surface area contributed by atoms with Gasteiger partial charge in [0.2, 0.25) is 5.91 Å². The predicted octanol–water partition coefficient (Wildman–Crippen LogP) is 3.06. The summed E-state index contributed by atoms with van der Waals surface area (Å²) in [6.07, 6.45) is 3.99. The highest BCUT2D eigenvalue weighted by molar-refractivity contribution is 6.02. The van der Waals surface area contributed by atoms with E-state index < -0.39 is 5.41 Å². The SMILES string of the molecule is N#C[C@@]1(C2CC2)CCN(c2ccnc(NC(=O)NCc3ccccc3)c2)C1=O. The van der Waals surface area contributed by atoms with Gasteiger partial charge in [0.25, 0.3) is 0 Å². The van der Waals surface area contributed by atoms with Gasteiger partial charge in [0.1, 0.15) is 11.2 Å². The smallest absolute Gasteiger partial charge is 0.320 e. The molecule has 3 amide bonds. The Balaban J connectivity index is 1.41. The molecule has 0 bridgehead atoms. The summed E-state index contributed by atoms with van der Waals surface area (Å²) in [6.45, 7) is 0.912. The molecule has 2 aromatic rings. The van der Waals surface area contributed by atoms with Crippen LogP contribution in [0.3, 0.4) is 0 Å². The zero-order valence-corrected chi connectivity index (χ0v) is 15.4. The Morgan fingerprint density at radius 2 is 2.07 bits per heavy atom. The third-order valence-corrected chi connectivity index (χ3v) is 5.42. The van der Waals surface area contributed by atoms with Crippen LogP contribution in [0, 0.1) is 22.7 Å². The highest BCUT2D eigenvalue weighted by Crippen LogP contribution is 2.51. The van der Waals surface area contributed by atoms with E-state index in [9.17, 15) is 14.9 Å². The molecular weight excluding hydrogens is 354 g/mol. The van der Waals surface area contributed by atoms with E-state index in [4.69, 9.17) is 0 Å². The molecule has 1 saturated heterocycles. The number of hydrogen-bond donors (Lipinski definition) is 2. The van der Waals surface area contributed by atoms with Crippen molar-refractivity contribution >= 4 is 23.4 Å². The van der Waals surface area contributed by atoms with Crippen LogP contribution in [-0.2, 0) is 11.3 Å².